The molecule has 1 saturated heterocycles. The molecule has 1 aliphatic rings. The largest absolute Gasteiger partial charge is 0.352 e. The maximum Gasteiger partial charge on any atom is 0.253 e. The van der Waals surface area contributed by atoms with Gasteiger partial charge in [0.2, 0.25) is 5.91 Å². The molecule has 2 N–H and O–H groups in total. The van der Waals surface area contributed by atoms with E-state index in [2.05, 4.69) is 10.6 Å². The summed E-state index contributed by atoms with van der Waals surface area (Å²) < 4.78 is 13.2. The van der Waals surface area contributed by atoms with Gasteiger partial charge in [-0.3, -0.25) is 14.4 Å². The lowest BCUT2D eigenvalue weighted by Crippen LogP contribution is -2.55. The predicted molar refractivity (Wildman–Crippen MR) is 121 cm³/mol. The van der Waals surface area contributed by atoms with Crippen LogP contribution >= 0.6 is 0 Å². The number of carbonyl (C=O) groups excluding carboxylic acids is 3. The molecule has 7 heteroatoms. The zero-order valence-electron chi connectivity index (χ0n) is 18.5. The second-order valence-corrected chi connectivity index (χ2v) is 8.27. The second-order valence-electron chi connectivity index (χ2n) is 8.27. The van der Waals surface area contributed by atoms with Crippen LogP contribution in [0, 0.1) is 11.7 Å². The summed E-state index contributed by atoms with van der Waals surface area (Å²) in [7, 11) is 0. The van der Waals surface area contributed by atoms with E-state index in [9.17, 15) is 18.8 Å². The van der Waals surface area contributed by atoms with Gasteiger partial charge < -0.3 is 15.5 Å². The van der Waals surface area contributed by atoms with Crippen LogP contribution in [-0.2, 0) is 4.79 Å². The Morgan fingerprint density at radius 2 is 1.59 bits per heavy atom. The first-order chi connectivity index (χ1) is 15.4. The Bertz CT molecular complexity index is 925. The average molecular weight is 440 g/mol. The zero-order chi connectivity index (χ0) is 23.1. The highest BCUT2D eigenvalue weighted by Crippen LogP contribution is 2.23. The van der Waals surface area contributed by atoms with Crippen molar-refractivity contribution in [1.29, 1.82) is 0 Å². The van der Waals surface area contributed by atoms with Gasteiger partial charge in [0, 0.05) is 30.3 Å². The number of hydrogen-bond acceptors (Lipinski definition) is 3. The third-order valence-electron chi connectivity index (χ3n) is 6.00. The van der Waals surface area contributed by atoms with Crippen LogP contribution in [0.15, 0.2) is 54.6 Å². The number of halogens is 1. The first-order valence-electron chi connectivity index (χ1n) is 11.1. The molecule has 1 aliphatic heterocycles. The van der Waals surface area contributed by atoms with Crippen molar-refractivity contribution in [3.05, 3.63) is 71.5 Å². The van der Waals surface area contributed by atoms with E-state index in [0.717, 1.165) is 6.42 Å². The van der Waals surface area contributed by atoms with Crippen LogP contribution in [0.3, 0.4) is 0 Å². The molecule has 0 aromatic heterocycles. The number of amides is 3. The Morgan fingerprint density at radius 3 is 2.19 bits per heavy atom. The average Bonchev–Trinajstić information content (AvgIpc) is 2.83. The van der Waals surface area contributed by atoms with Crippen LogP contribution in [0.2, 0.25) is 0 Å². The van der Waals surface area contributed by atoms with Gasteiger partial charge in [0.05, 0.1) is 0 Å². The molecule has 2 atom stereocenters. The second kappa shape index (κ2) is 10.9. The van der Waals surface area contributed by atoms with Gasteiger partial charge in [0.1, 0.15) is 11.9 Å². The smallest absolute Gasteiger partial charge is 0.253 e. The summed E-state index contributed by atoms with van der Waals surface area (Å²) in [4.78, 5) is 40.2. The standard InChI is InChI=1S/C25H30FN3O3/c1-3-17(2)27-24(31)22(28-23(30)19-7-5-4-6-8-19)18-13-15-29(16-14-18)25(32)20-9-11-21(26)12-10-20/h4-12,17-18,22H,3,13-16H2,1-2H3,(H,27,31)(H,28,30)/t17-,22+/m0/s1. The summed E-state index contributed by atoms with van der Waals surface area (Å²) >= 11 is 0. The number of nitrogens with zero attached hydrogens (tertiary/aromatic N) is 1. The maximum atomic E-state index is 13.2. The summed E-state index contributed by atoms with van der Waals surface area (Å²) in [5.74, 6) is -1.13. The number of carbonyl (C=O) groups is 3. The van der Waals surface area contributed by atoms with Gasteiger partial charge >= 0.3 is 0 Å². The summed E-state index contributed by atoms with van der Waals surface area (Å²) in [6, 6.07) is 13.6. The van der Waals surface area contributed by atoms with Gasteiger partial charge in [-0.2, -0.15) is 0 Å². The minimum Gasteiger partial charge on any atom is -0.352 e. The van der Waals surface area contributed by atoms with Crippen LogP contribution in [0.1, 0.15) is 53.8 Å². The lowest BCUT2D eigenvalue weighted by atomic mass is 9.88. The van der Waals surface area contributed by atoms with Crippen LogP contribution in [-0.4, -0.2) is 47.8 Å². The van der Waals surface area contributed by atoms with E-state index in [0.29, 0.717) is 37.1 Å². The Morgan fingerprint density at radius 1 is 0.969 bits per heavy atom. The van der Waals surface area contributed by atoms with E-state index in [1.54, 1.807) is 29.2 Å². The first kappa shape index (κ1) is 23.4. The first-order valence-corrected chi connectivity index (χ1v) is 11.1. The molecule has 3 amide bonds. The van der Waals surface area contributed by atoms with Crippen molar-refractivity contribution in [2.45, 2.75) is 45.2 Å². The number of benzene rings is 2. The molecular formula is C25H30FN3O3. The third kappa shape index (κ3) is 5.93. The molecule has 1 fully saturated rings. The molecule has 0 spiro atoms. The maximum absolute atomic E-state index is 13.2. The predicted octanol–water partition coefficient (Wildman–Crippen LogP) is 3.39. The van der Waals surface area contributed by atoms with Crippen molar-refractivity contribution in [2.75, 3.05) is 13.1 Å². The van der Waals surface area contributed by atoms with Crippen LogP contribution < -0.4 is 10.6 Å². The summed E-state index contributed by atoms with van der Waals surface area (Å²) in [5.41, 5.74) is 0.936. The summed E-state index contributed by atoms with van der Waals surface area (Å²) in [6.45, 7) is 4.85. The lowest BCUT2D eigenvalue weighted by molar-refractivity contribution is -0.125. The van der Waals surface area contributed by atoms with E-state index in [-0.39, 0.29) is 35.5 Å². The Balaban J connectivity index is 1.68. The number of rotatable bonds is 7. The Hall–Kier alpha value is -3.22. The molecule has 3 rings (SSSR count). The fourth-order valence-electron chi connectivity index (χ4n) is 3.86. The number of hydrogen-bond donors (Lipinski definition) is 2. The highest BCUT2D eigenvalue weighted by atomic mass is 19.1. The van der Waals surface area contributed by atoms with Crippen molar-refractivity contribution in [3.63, 3.8) is 0 Å². The molecule has 0 radical (unpaired) electrons. The molecule has 170 valence electrons. The molecule has 0 aliphatic carbocycles. The minimum atomic E-state index is -0.681. The SMILES string of the molecule is CC[C@H](C)NC(=O)[C@H](NC(=O)c1ccccc1)C1CCN(C(=O)c2ccc(F)cc2)CC1. The number of nitrogens with one attached hydrogen (secondary N) is 2. The van der Waals surface area contributed by atoms with Crippen LogP contribution in [0.25, 0.3) is 0 Å². The van der Waals surface area contributed by atoms with Crippen molar-refractivity contribution in [1.82, 2.24) is 15.5 Å². The highest BCUT2D eigenvalue weighted by Gasteiger charge is 2.34. The zero-order valence-corrected chi connectivity index (χ0v) is 18.5. The molecule has 2 aromatic carbocycles. The van der Waals surface area contributed by atoms with Crippen molar-refractivity contribution >= 4 is 17.7 Å². The molecule has 1 heterocycles. The topological polar surface area (TPSA) is 78.5 Å². The molecule has 32 heavy (non-hydrogen) atoms. The third-order valence-corrected chi connectivity index (χ3v) is 6.00. The monoisotopic (exact) mass is 439 g/mol. The summed E-state index contributed by atoms with van der Waals surface area (Å²) in [5, 5.41) is 5.90. The van der Waals surface area contributed by atoms with Crippen molar-refractivity contribution in [2.24, 2.45) is 5.92 Å². The van der Waals surface area contributed by atoms with Crippen molar-refractivity contribution < 1.29 is 18.8 Å². The normalized spacial score (nSPS) is 16.2. The van der Waals surface area contributed by atoms with Gasteiger partial charge in [0.15, 0.2) is 0 Å². The van der Waals surface area contributed by atoms with E-state index >= 15 is 0 Å². The molecule has 0 bridgehead atoms. The van der Waals surface area contributed by atoms with E-state index in [4.69, 9.17) is 0 Å². The summed E-state index contributed by atoms with van der Waals surface area (Å²) in [6.07, 6.45) is 1.96. The van der Waals surface area contributed by atoms with Gasteiger partial charge in [-0.1, -0.05) is 25.1 Å². The van der Waals surface area contributed by atoms with Gasteiger partial charge in [-0.25, -0.2) is 4.39 Å². The van der Waals surface area contributed by atoms with E-state index in [1.165, 1.54) is 24.3 Å². The van der Waals surface area contributed by atoms with Gasteiger partial charge in [0.25, 0.3) is 11.8 Å². The lowest BCUT2D eigenvalue weighted by Gasteiger charge is -2.36. The number of piperidine rings is 1. The highest BCUT2D eigenvalue weighted by molar-refractivity contribution is 5.97. The minimum absolute atomic E-state index is 0.00114. The number of likely N-dealkylation sites (tertiary alicyclic amines) is 1. The fourth-order valence-corrected chi connectivity index (χ4v) is 3.86. The van der Waals surface area contributed by atoms with Gasteiger partial charge in [-0.05, 0) is 68.5 Å². The molecule has 0 unspecified atom stereocenters. The molecular weight excluding hydrogens is 409 g/mol. The van der Waals surface area contributed by atoms with Crippen molar-refractivity contribution in [3.8, 4) is 0 Å². The quantitative estimate of drug-likeness (QED) is 0.694. The van der Waals surface area contributed by atoms with Gasteiger partial charge in [-0.15, -0.1) is 0 Å². The van der Waals surface area contributed by atoms with E-state index in [1.807, 2.05) is 19.9 Å². The molecule has 6 nitrogen and oxygen atoms in total. The fraction of sp³-hybridized carbons (Fsp3) is 0.400. The molecule has 2 aromatic rings. The Labute approximate surface area is 188 Å². The molecule has 0 saturated carbocycles. The Kier molecular flexibility index (Phi) is 7.98. The van der Waals surface area contributed by atoms with Crippen LogP contribution in [0.5, 0.6) is 0 Å². The van der Waals surface area contributed by atoms with E-state index < -0.39 is 6.04 Å². The van der Waals surface area contributed by atoms with Crippen LogP contribution in [0.4, 0.5) is 4.39 Å².